The highest BCUT2D eigenvalue weighted by Gasteiger charge is 2.46. The number of hydrogen-bond acceptors (Lipinski definition) is 2. The number of piperidine rings is 1. The summed E-state index contributed by atoms with van der Waals surface area (Å²) in [7, 11) is 0. The Morgan fingerprint density at radius 3 is 2.44 bits per heavy atom. The van der Waals surface area contributed by atoms with Crippen molar-refractivity contribution < 1.29 is 14.7 Å². The number of nitrogens with one attached hydrogen (secondary N) is 1. The van der Waals surface area contributed by atoms with Crippen LogP contribution in [0.15, 0.2) is 0 Å². The number of rotatable bonds is 2. The summed E-state index contributed by atoms with van der Waals surface area (Å²) >= 11 is 0. The van der Waals surface area contributed by atoms with Crippen LogP contribution >= 0.6 is 0 Å². The molecule has 0 aromatic heterocycles. The third kappa shape index (κ3) is 2.31. The van der Waals surface area contributed by atoms with E-state index in [1.54, 1.807) is 4.90 Å². The number of likely N-dealkylation sites (tertiary alicyclic amines) is 1. The Morgan fingerprint density at radius 2 is 1.94 bits per heavy atom. The zero-order valence-corrected chi connectivity index (χ0v) is 11.1. The predicted octanol–water partition coefficient (Wildman–Crippen LogP) is 1.82. The van der Waals surface area contributed by atoms with E-state index in [1.165, 1.54) is 0 Å². The topological polar surface area (TPSA) is 69.6 Å². The van der Waals surface area contributed by atoms with Gasteiger partial charge in [0.15, 0.2) is 0 Å². The minimum absolute atomic E-state index is 0.201. The van der Waals surface area contributed by atoms with Crippen molar-refractivity contribution in [3.8, 4) is 0 Å². The highest BCUT2D eigenvalue weighted by Crippen LogP contribution is 2.32. The number of nitrogens with zero attached hydrogens (tertiary/aromatic N) is 1. The molecule has 2 aliphatic rings. The van der Waals surface area contributed by atoms with Gasteiger partial charge in [0.2, 0.25) is 0 Å². The molecule has 2 unspecified atom stereocenters. The Bertz CT molecular complexity index is 352. The summed E-state index contributed by atoms with van der Waals surface area (Å²) in [5.74, 6) is -0.408. The minimum atomic E-state index is -1.00. The molecule has 1 saturated heterocycles. The van der Waals surface area contributed by atoms with Crippen molar-refractivity contribution in [3.63, 3.8) is 0 Å². The largest absolute Gasteiger partial charge is 0.480 e. The smallest absolute Gasteiger partial charge is 0.329 e. The molecular formula is C13H22N2O3. The van der Waals surface area contributed by atoms with E-state index >= 15 is 0 Å². The molecule has 1 aliphatic heterocycles. The number of amides is 2. The molecule has 0 aromatic carbocycles. The van der Waals surface area contributed by atoms with E-state index in [-0.39, 0.29) is 12.1 Å². The molecule has 1 saturated carbocycles. The number of hydrogen-bond donors (Lipinski definition) is 2. The van der Waals surface area contributed by atoms with E-state index in [0.717, 1.165) is 25.8 Å². The monoisotopic (exact) mass is 254 g/mol. The van der Waals surface area contributed by atoms with E-state index < -0.39 is 11.5 Å². The first-order valence-electron chi connectivity index (χ1n) is 6.77. The average Bonchev–Trinajstić information content (AvgIpc) is 2.26. The number of carbonyl (C=O) groups is 2. The lowest BCUT2D eigenvalue weighted by Crippen LogP contribution is -2.63. The van der Waals surface area contributed by atoms with Gasteiger partial charge in [-0.3, -0.25) is 0 Å². The maximum Gasteiger partial charge on any atom is 0.329 e. The second kappa shape index (κ2) is 4.78. The molecule has 0 radical (unpaired) electrons. The standard InChI is InChI=1S/C13H22N2O3/c1-9-4-5-10(2)15(8-9)12(18)14-13(11(16)17)6-3-7-13/h9-10H,3-8H2,1-2H3,(H,14,18)(H,16,17). The first kappa shape index (κ1) is 13.2. The first-order chi connectivity index (χ1) is 8.44. The third-order valence-corrected chi connectivity index (χ3v) is 4.34. The minimum Gasteiger partial charge on any atom is -0.480 e. The molecule has 2 rings (SSSR count). The van der Waals surface area contributed by atoms with Crippen molar-refractivity contribution in [2.75, 3.05) is 6.54 Å². The normalized spacial score (nSPS) is 30.4. The molecular weight excluding hydrogens is 232 g/mol. The van der Waals surface area contributed by atoms with Crippen molar-refractivity contribution in [2.45, 2.75) is 57.5 Å². The maximum atomic E-state index is 12.2. The first-order valence-corrected chi connectivity index (χ1v) is 6.77. The van der Waals surface area contributed by atoms with Crippen LogP contribution in [0.25, 0.3) is 0 Å². The van der Waals surface area contributed by atoms with Crippen LogP contribution < -0.4 is 5.32 Å². The van der Waals surface area contributed by atoms with E-state index in [4.69, 9.17) is 0 Å². The van der Waals surface area contributed by atoms with Crippen LogP contribution in [0.3, 0.4) is 0 Å². The summed E-state index contributed by atoms with van der Waals surface area (Å²) < 4.78 is 0. The SMILES string of the molecule is CC1CCC(C)N(C(=O)NC2(C(=O)O)CCC2)C1. The van der Waals surface area contributed by atoms with Crippen molar-refractivity contribution >= 4 is 12.0 Å². The van der Waals surface area contributed by atoms with Gasteiger partial charge >= 0.3 is 12.0 Å². The molecule has 0 spiro atoms. The summed E-state index contributed by atoms with van der Waals surface area (Å²) in [5.41, 5.74) is -1.00. The van der Waals surface area contributed by atoms with Gasteiger partial charge in [0, 0.05) is 12.6 Å². The summed E-state index contributed by atoms with van der Waals surface area (Å²) in [6.45, 7) is 4.88. The number of carbonyl (C=O) groups excluding carboxylic acids is 1. The number of carboxylic acids is 1. The molecule has 2 amide bonds. The van der Waals surface area contributed by atoms with Crippen molar-refractivity contribution in [1.29, 1.82) is 0 Å². The van der Waals surface area contributed by atoms with Crippen LogP contribution in [0.5, 0.6) is 0 Å². The number of carboxylic acid groups (broad SMARTS) is 1. The molecule has 2 N–H and O–H groups in total. The predicted molar refractivity (Wildman–Crippen MR) is 67.3 cm³/mol. The molecule has 102 valence electrons. The lowest BCUT2D eigenvalue weighted by molar-refractivity contribution is -0.148. The molecule has 18 heavy (non-hydrogen) atoms. The Hall–Kier alpha value is -1.26. The van der Waals surface area contributed by atoms with Gasteiger partial charge in [-0.25, -0.2) is 9.59 Å². The maximum absolute atomic E-state index is 12.2. The summed E-state index contributed by atoms with van der Waals surface area (Å²) in [6.07, 6.45) is 4.10. The zero-order valence-electron chi connectivity index (χ0n) is 11.1. The number of urea groups is 1. The molecule has 0 aromatic rings. The van der Waals surface area contributed by atoms with Crippen LogP contribution in [0.2, 0.25) is 0 Å². The Morgan fingerprint density at radius 1 is 1.28 bits per heavy atom. The average molecular weight is 254 g/mol. The van der Waals surface area contributed by atoms with Gasteiger partial charge in [0.25, 0.3) is 0 Å². The summed E-state index contributed by atoms with van der Waals surface area (Å²) in [5, 5.41) is 12.0. The van der Waals surface area contributed by atoms with Gasteiger partial charge in [-0.2, -0.15) is 0 Å². The van der Waals surface area contributed by atoms with Crippen molar-refractivity contribution in [1.82, 2.24) is 10.2 Å². The van der Waals surface area contributed by atoms with E-state index in [2.05, 4.69) is 12.2 Å². The van der Waals surface area contributed by atoms with Gasteiger partial charge < -0.3 is 15.3 Å². The highest BCUT2D eigenvalue weighted by molar-refractivity contribution is 5.87. The fraction of sp³-hybridized carbons (Fsp3) is 0.846. The zero-order chi connectivity index (χ0) is 13.3. The second-order valence-corrected chi connectivity index (χ2v) is 5.85. The molecule has 0 bridgehead atoms. The van der Waals surface area contributed by atoms with Gasteiger partial charge in [-0.1, -0.05) is 6.92 Å². The Labute approximate surface area is 108 Å². The van der Waals surface area contributed by atoms with E-state index in [1.807, 2.05) is 6.92 Å². The van der Waals surface area contributed by atoms with Crippen LogP contribution in [-0.2, 0) is 4.79 Å². The Balaban J connectivity index is 2.00. The molecule has 2 atom stereocenters. The fourth-order valence-corrected chi connectivity index (χ4v) is 2.77. The van der Waals surface area contributed by atoms with Crippen molar-refractivity contribution in [3.05, 3.63) is 0 Å². The van der Waals surface area contributed by atoms with Crippen LogP contribution in [0.4, 0.5) is 4.79 Å². The van der Waals surface area contributed by atoms with Crippen LogP contribution in [0.1, 0.15) is 46.0 Å². The number of aliphatic carboxylic acids is 1. The van der Waals surface area contributed by atoms with Crippen LogP contribution in [0, 0.1) is 5.92 Å². The fourth-order valence-electron chi connectivity index (χ4n) is 2.77. The van der Waals surface area contributed by atoms with Gasteiger partial charge in [0.1, 0.15) is 5.54 Å². The summed E-state index contributed by atoms with van der Waals surface area (Å²) in [6, 6.07) is -0.0109. The van der Waals surface area contributed by atoms with Gasteiger partial charge in [-0.15, -0.1) is 0 Å². The lowest BCUT2D eigenvalue weighted by Gasteiger charge is -2.43. The Kier molecular flexibility index (Phi) is 3.50. The molecule has 2 fully saturated rings. The van der Waals surface area contributed by atoms with E-state index in [0.29, 0.717) is 18.8 Å². The molecule has 1 aliphatic carbocycles. The van der Waals surface area contributed by atoms with Crippen molar-refractivity contribution in [2.24, 2.45) is 5.92 Å². The highest BCUT2D eigenvalue weighted by atomic mass is 16.4. The summed E-state index contributed by atoms with van der Waals surface area (Å²) in [4.78, 5) is 25.2. The lowest BCUT2D eigenvalue weighted by atomic mass is 9.77. The molecule has 5 heteroatoms. The van der Waals surface area contributed by atoms with Gasteiger partial charge in [-0.05, 0) is 44.9 Å². The second-order valence-electron chi connectivity index (χ2n) is 5.85. The quantitative estimate of drug-likeness (QED) is 0.789. The molecule has 1 heterocycles. The van der Waals surface area contributed by atoms with Gasteiger partial charge in [0.05, 0.1) is 0 Å². The third-order valence-electron chi connectivity index (χ3n) is 4.34. The van der Waals surface area contributed by atoms with Crippen LogP contribution in [-0.4, -0.2) is 40.1 Å². The van der Waals surface area contributed by atoms with E-state index in [9.17, 15) is 14.7 Å². The molecule has 5 nitrogen and oxygen atoms in total.